The SMILES string of the molecule is CO[C@H]1[C@H]2O[P@](=O)(S)OCC34C[C@@H]3[C@@H](n3cnc5c(N)ncnc53)[C@H](O)[C@@H]4O[PH](=O)OC[C@H]1O[C@H]2n1cnc2c(=O)[nH]c(N)nc21. The minimum Gasteiger partial charge on any atom is -0.388 e. The van der Waals surface area contributed by atoms with E-state index < -0.39 is 68.8 Å². The predicted octanol–water partition coefficient (Wildman–Crippen LogP) is 0.203. The number of rotatable bonds is 3. The molecule has 8 rings (SSSR count). The van der Waals surface area contributed by atoms with E-state index in [0.717, 1.165) is 0 Å². The number of nitrogens with one attached hydrogen (secondary N) is 1. The molecule has 4 aromatic heterocycles. The van der Waals surface area contributed by atoms with Crippen LogP contribution in [-0.2, 0) is 36.7 Å². The summed E-state index contributed by atoms with van der Waals surface area (Å²) in [7, 11) is -1.88. The molecule has 6 N–H and O–H groups in total. The molecule has 4 aromatic rings. The Hall–Kier alpha value is -2.97. The molecule has 2 aliphatic heterocycles. The summed E-state index contributed by atoms with van der Waals surface area (Å²) in [5, 5.41) is 11.5. The van der Waals surface area contributed by atoms with E-state index in [1.807, 2.05) is 0 Å². The van der Waals surface area contributed by atoms with Crippen molar-refractivity contribution < 1.29 is 41.8 Å². The molecule has 2 unspecified atom stereocenters. The Kier molecular flexibility index (Phi) is 7.11. The number of nitrogens with two attached hydrogens (primary N) is 2. The molecule has 23 heteroatoms. The number of methoxy groups -OCH3 is 1. The number of hydrogen-bond donors (Lipinski definition) is 5. The molecule has 11 atom stereocenters. The van der Waals surface area contributed by atoms with Crippen LogP contribution in [0.15, 0.2) is 23.8 Å². The molecule has 6 heterocycles. The van der Waals surface area contributed by atoms with Gasteiger partial charge in [0.25, 0.3) is 5.56 Å². The summed E-state index contributed by atoms with van der Waals surface area (Å²) in [5.41, 5.74) is 11.0. The molecule has 4 aliphatic rings. The number of imidazole rings is 2. The van der Waals surface area contributed by atoms with Crippen LogP contribution < -0.4 is 17.0 Å². The first kappa shape index (κ1) is 30.4. The molecule has 46 heavy (non-hydrogen) atoms. The number of H-pyrrole nitrogens is 1. The monoisotopic (exact) mass is 698 g/mol. The van der Waals surface area contributed by atoms with E-state index in [-0.39, 0.29) is 42.1 Å². The van der Waals surface area contributed by atoms with Gasteiger partial charge in [-0.3, -0.25) is 23.4 Å². The molecule has 2 aliphatic carbocycles. The van der Waals surface area contributed by atoms with Crippen LogP contribution in [-0.4, -0.2) is 95.0 Å². The Balaban J connectivity index is 1.13. The average molecular weight is 699 g/mol. The zero-order valence-electron chi connectivity index (χ0n) is 23.8. The van der Waals surface area contributed by atoms with Gasteiger partial charge in [-0.1, -0.05) is 12.2 Å². The maximum atomic E-state index is 13.9. The van der Waals surface area contributed by atoms with E-state index in [4.69, 9.17) is 39.0 Å². The van der Waals surface area contributed by atoms with Crippen LogP contribution in [0.1, 0.15) is 18.7 Å². The van der Waals surface area contributed by atoms with Gasteiger partial charge in [-0.2, -0.15) is 4.98 Å². The highest BCUT2D eigenvalue weighted by Gasteiger charge is 2.73. The zero-order chi connectivity index (χ0) is 32.1. The number of ether oxygens (including phenoxy) is 2. The molecule has 0 aromatic carbocycles. The Morgan fingerprint density at radius 2 is 1.98 bits per heavy atom. The third-order valence-electron chi connectivity index (χ3n) is 9.15. The lowest BCUT2D eigenvalue weighted by Gasteiger charge is -2.29. The minimum atomic E-state index is -4.21. The van der Waals surface area contributed by atoms with Gasteiger partial charge in [0, 0.05) is 12.5 Å². The van der Waals surface area contributed by atoms with Crippen LogP contribution in [0, 0.1) is 11.3 Å². The van der Waals surface area contributed by atoms with E-state index >= 15 is 0 Å². The van der Waals surface area contributed by atoms with E-state index in [9.17, 15) is 19.0 Å². The summed E-state index contributed by atoms with van der Waals surface area (Å²) in [6.45, 7) is -4.76. The van der Waals surface area contributed by atoms with E-state index in [1.54, 1.807) is 4.57 Å². The van der Waals surface area contributed by atoms with Gasteiger partial charge in [0.15, 0.2) is 28.9 Å². The van der Waals surface area contributed by atoms with Crippen molar-refractivity contribution in [3.05, 3.63) is 29.3 Å². The van der Waals surface area contributed by atoms with Crippen molar-refractivity contribution in [1.82, 2.24) is 39.0 Å². The molecule has 2 bridgehead atoms. The summed E-state index contributed by atoms with van der Waals surface area (Å²) in [6, 6.07) is -0.629. The molecule has 246 valence electrons. The Bertz CT molecular complexity index is 1990. The fourth-order valence-electron chi connectivity index (χ4n) is 7.04. The van der Waals surface area contributed by atoms with Crippen molar-refractivity contribution in [1.29, 1.82) is 0 Å². The summed E-state index contributed by atoms with van der Waals surface area (Å²) >= 11 is 4.28. The molecule has 1 spiro atoms. The first-order chi connectivity index (χ1) is 22.0. The van der Waals surface area contributed by atoms with Gasteiger partial charge < -0.3 is 44.2 Å². The highest BCUT2D eigenvalue weighted by molar-refractivity contribution is 8.44. The average Bonchev–Trinajstić information content (AvgIpc) is 3.31. The molecule has 2 saturated heterocycles. The number of aliphatic hydroxyl groups is 1. The molecule has 4 fully saturated rings. The second kappa shape index (κ2) is 10.8. The van der Waals surface area contributed by atoms with Crippen molar-refractivity contribution in [2.24, 2.45) is 11.3 Å². The van der Waals surface area contributed by atoms with Crippen LogP contribution in [0.5, 0.6) is 0 Å². The summed E-state index contributed by atoms with van der Waals surface area (Å²) < 4.78 is 65.5. The van der Waals surface area contributed by atoms with Gasteiger partial charge in [-0.15, -0.1) is 0 Å². The quantitative estimate of drug-likeness (QED) is 0.141. The Labute approximate surface area is 263 Å². The minimum absolute atomic E-state index is 0.0255. The first-order valence-corrected chi connectivity index (χ1v) is 17.9. The van der Waals surface area contributed by atoms with E-state index in [0.29, 0.717) is 17.6 Å². The number of anilines is 2. The number of fused-ring (bicyclic) bond motifs is 4. The number of aromatic nitrogens is 8. The van der Waals surface area contributed by atoms with Gasteiger partial charge in [0.1, 0.15) is 42.4 Å². The highest BCUT2D eigenvalue weighted by Crippen LogP contribution is 2.71. The molecule has 0 radical (unpaired) electrons. The van der Waals surface area contributed by atoms with Crippen LogP contribution in [0.4, 0.5) is 11.8 Å². The number of nitrogens with zero attached hydrogens (tertiary/aromatic N) is 7. The van der Waals surface area contributed by atoms with Gasteiger partial charge in [-0.05, 0) is 12.3 Å². The molecule has 20 nitrogen and oxygen atoms in total. The maximum absolute atomic E-state index is 13.9. The second-order valence-electron chi connectivity index (χ2n) is 11.6. The van der Waals surface area contributed by atoms with Gasteiger partial charge in [-0.25, -0.2) is 24.5 Å². The summed E-state index contributed by atoms with van der Waals surface area (Å²) in [6.07, 6.45) is -1.93. The Morgan fingerprint density at radius 1 is 1.20 bits per heavy atom. The van der Waals surface area contributed by atoms with Crippen LogP contribution in [0.25, 0.3) is 22.3 Å². The normalized spacial score (nSPS) is 39.4. The largest absolute Gasteiger partial charge is 0.388 e. The fraction of sp³-hybridized carbons (Fsp3) is 0.565. The molecular weight excluding hydrogens is 670 g/mol. The van der Waals surface area contributed by atoms with E-state index in [2.05, 4.69) is 42.2 Å². The van der Waals surface area contributed by atoms with Crippen LogP contribution in [0.3, 0.4) is 0 Å². The fourth-order valence-corrected chi connectivity index (χ4v) is 9.49. The third kappa shape index (κ3) is 4.64. The smallest absolute Gasteiger partial charge is 0.386 e. The first-order valence-electron chi connectivity index (χ1n) is 14.0. The molecular formula is C23H28N10O10P2S. The Morgan fingerprint density at radius 3 is 2.78 bits per heavy atom. The van der Waals surface area contributed by atoms with Crippen molar-refractivity contribution in [3.8, 4) is 0 Å². The highest BCUT2D eigenvalue weighted by atomic mass is 32.7. The van der Waals surface area contributed by atoms with Gasteiger partial charge in [0.2, 0.25) is 5.95 Å². The van der Waals surface area contributed by atoms with Gasteiger partial charge in [0.05, 0.1) is 31.9 Å². The molecule has 0 amide bonds. The number of aromatic amines is 1. The van der Waals surface area contributed by atoms with Crippen LogP contribution >= 0.6 is 27.3 Å². The predicted molar refractivity (Wildman–Crippen MR) is 160 cm³/mol. The lowest BCUT2D eigenvalue weighted by atomic mass is 10.0. The molecule has 2 saturated carbocycles. The van der Waals surface area contributed by atoms with Crippen molar-refractivity contribution in [2.75, 3.05) is 31.8 Å². The summed E-state index contributed by atoms with van der Waals surface area (Å²) in [4.78, 5) is 35.7. The zero-order valence-corrected chi connectivity index (χ0v) is 26.6. The number of nitrogen functional groups attached to an aromatic ring is 2. The van der Waals surface area contributed by atoms with E-state index in [1.165, 1.54) is 30.7 Å². The van der Waals surface area contributed by atoms with Crippen molar-refractivity contribution in [2.45, 2.75) is 49.2 Å². The van der Waals surface area contributed by atoms with Crippen molar-refractivity contribution in [3.63, 3.8) is 0 Å². The number of thiol groups is 1. The lowest BCUT2D eigenvalue weighted by molar-refractivity contribution is -0.0566. The second-order valence-corrected chi connectivity index (χ2v) is 15.5. The van der Waals surface area contributed by atoms with Gasteiger partial charge >= 0.3 is 15.1 Å². The summed E-state index contributed by atoms with van der Waals surface area (Å²) in [5.74, 6) is -0.279. The lowest BCUT2D eigenvalue weighted by Crippen LogP contribution is -2.37. The third-order valence-corrected chi connectivity index (χ3v) is 11.6. The topological polar surface area (TPSA) is 269 Å². The number of aliphatic hydroxyl groups excluding tert-OH is 1. The van der Waals surface area contributed by atoms with Crippen molar-refractivity contribution >= 4 is 61.4 Å². The maximum Gasteiger partial charge on any atom is 0.386 e. The number of hydrogen-bond acceptors (Lipinski definition) is 17. The van der Waals surface area contributed by atoms with Crippen LogP contribution in [0.2, 0.25) is 0 Å². The standard InChI is InChI=1S/C23H28N10O10P2S/c1-38-14-9-3-39-44(36)42-16-13(34)12(32-6-28-10-17(24)26-5-27-18(10)32)8-2-23(8,16)4-40-45(37,46)43-15(14)21(41-9)33-7-29-11-19(33)30-22(25)31-20(11)35/h5-9,12-16,21,34,44H,2-4H2,1H3,(H,37,46)(H2,24,26,27)(H3,25,30,31,35)/t8-,9-,12-,13+,14-,15-,16+,21-,23?,45-/m1/s1.